The summed E-state index contributed by atoms with van der Waals surface area (Å²) in [6.07, 6.45) is -1.04. The van der Waals surface area contributed by atoms with E-state index in [1.807, 2.05) is 0 Å². The van der Waals surface area contributed by atoms with E-state index in [1.54, 1.807) is 48.5 Å². The predicted octanol–water partition coefficient (Wildman–Crippen LogP) is 3.76. The summed E-state index contributed by atoms with van der Waals surface area (Å²) < 4.78 is 4.90. The van der Waals surface area contributed by atoms with E-state index in [4.69, 9.17) is 21.4 Å². The summed E-state index contributed by atoms with van der Waals surface area (Å²) in [4.78, 5) is 22.9. The molecule has 0 aliphatic heterocycles. The number of rotatable bonds is 5. The smallest absolute Gasteiger partial charge is 0.337 e. The van der Waals surface area contributed by atoms with Crippen molar-refractivity contribution in [3.63, 3.8) is 0 Å². The Kier molecular flexibility index (Phi) is 5.56. The van der Waals surface area contributed by atoms with Gasteiger partial charge in [0.15, 0.2) is 6.10 Å². The lowest BCUT2D eigenvalue weighted by Gasteiger charge is -2.12. The van der Waals surface area contributed by atoms with Gasteiger partial charge in [-0.25, -0.2) is 9.59 Å². The minimum atomic E-state index is -1.08. The van der Waals surface area contributed by atoms with Crippen LogP contribution in [0.1, 0.15) is 11.7 Å². The number of hydrogen-bond acceptors (Lipinski definition) is 3. The monoisotopic (exact) mass is 334 g/mol. The van der Waals surface area contributed by atoms with Gasteiger partial charge in [0.1, 0.15) is 0 Å². The molecule has 0 saturated heterocycles. The van der Waals surface area contributed by atoms with Gasteiger partial charge >= 0.3 is 12.0 Å². The van der Waals surface area contributed by atoms with Crippen LogP contribution in [0.25, 0.3) is 0 Å². The summed E-state index contributed by atoms with van der Waals surface area (Å²) in [6.45, 7) is 0. The maximum Gasteiger partial charge on any atom is 0.337 e. The molecule has 0 radical (unpaired) electrons. The Labute approximate surface area is 138 Å². The molecule has 2 amide bonds. The van der Waals surface area contributed by atoms with Crippen molar-refractivity contribution >= 4 is 35.0 Å². The molecule has 1 atom stereocenters. The van der Waals surface area contributed by atoms with E-state index in [-0.39, 0.29) is 0 Å². The molecular formula is C16H15ClN2O4. The number of methoxy groups -OCH3 is 1. The molecule has 0 spiro atoms. The highest BCUT2D eigenvalue weighted by molar-refractivity contribution is 6.33. The Balaban J connectivity index is 2.02. The van der Waals surface area contributed by atoms with E-state index in [1.165, 1.54) is 7.11 Å². The number of carboxylic acids is 1. The predicted molar refractivity (Wildman–Crippen MR) is 87.9 cm³/mol. The Morgan fingerprint density at radius 1 is 1.09 bits per heavy atom. The van der Waals surface area contributed by atoms with Gasteiger partial charge in [-0.2, -0.15) is 0 Å². The van der Waals surface area contributed by atoms with E-state index in [0.29, 0.717) is 22.0 Å². The van der Waals surface area contributed by atoms with Crippen molar-refractivity contribution in [3.05, 3.63) is 59.1 Å². The lowest BCUT2D eigenvalue weighted by atomic mass is 10.1. The SMILES string of the molecule is COC(C(=O)O)c1ccc(NC(=O)Nc2ccccc2Cl)cc1. The average Bonchev–Trinajstić information content (AvgIpc) is 2.51. The van der Waals surface area contributed by atoms with Crippen LogP contribution in [0.15, 0.2) is 48.5 Å². The van der Waals surface area contributed by atoms with Gasteiger partial charge in [-0.05, 0) is 29.8 Å². The second-order valence-corrected chi connectivity index (χ2v) is 5.04. The number of para-hydroxylation sites is 1. The van der Waals surface area contributed by atoms with Crippen LogP contribution in [-0.2, 0) is 9.53 Å². The fourth-order valence-electron chi connectivity index (χ4n) is 1.97. The van der Waals surface area contributed by atoms with Crippen molar-refractivity contribution in [2.24, 2.45) is 0 Å². The van der Waals surface area contributed by atoms with Crippen LogP contribution in [0.5, 0.6) is 0 Å². The molecule has 0 aromatic heterocycles. The van der Waals surface area contributed by atoms with Crippen LogP contribution >= 0.6 is 11.6 Å². The molecule has 3 N–H and O–H groups in total. The van der Waals surface area contributed by atoms with Gasteiger partial charge in [0.2, 0.25) is 0 Å². The van der Waals surface area contributed by atoms with Gasteiger partial charge in [0.25, 0.3) is 0 Å². The first-order valence-electron chi connectivity index (χ1n) is 6.69. The van der Waals surface area contributed by atoms with Gasteiger partial charge in [-0.1, -0.05) is 35.9 Å². The number of hydrogen-bond donors (Lipinski definition) is 3. The number of nitrogens with one attached hydrogen (secondary N) is 2. The highest BCUT2D eigenvalue weighted by atomic mass is 35.5. The zero-order valence-electron chi connectivity index (χ0n) is 12.2. The first kappa shape index (κ1) is 16.8. The van der Waals surface area contributed by atoms with Gasteiger partial charge in [-0.3, -0.25) is 0 Å². The maximum absolute atomic E-state index is 11.9. The van der Waals surface area contributed by atoms with Crippen molar-refractivity contribution in [3.8, 4) is 0 Å². The molecule has 0 heterocycles. The highest BCUT2D eigenvalue weighted by Crippen LogP contribution is 2.22. The lowest BCUT2D eigenvalue weighted by molar-refractivity contribution is -0.148. The van der Waals surface area contributed by atoms with E-state index < -0.39 is 18.1 Å². The van der Waals surface area contributed by atoms with Crippen LogP contribution in [0, 0.1) is 0 Å². The van der Waals surface area contributed by atoms with Crippen molar-refractivity contribution in [2.45, 2.75) is 6.10 Å². The molecule has 23 heavy (non-hydrogen) atoms. The highest BCUT2D eigenvalue weighted by Gasteiger charge is 2.18. The summed E-state index contributed by atoms with van der Waals surface area (Å²) in [5.41, 5.74) is 1.49. The standard InChI is InChI=1S/C16H15ClN2O4/c1-23-14(15(20)21)10-6-8-11(9-7-10)18-16(22)19-13-5-3-2-4-12(13)17/h2-9,14H,1H3,(H,20,21)(H2,18,19,22). The Morgan fingerprint density at radius 2 is 1.74 bits per heavy atom. The third kappa shape index (κ3) is 4.45. The molecule has 0 bridgehead atoms. The number of ether oxygens (including phenoxy) is 1. The number of carboxylic acid groups (broad SMARTS) is 1. The molecule has 0 aliphatic carbocycles. The molecule has 1 unspecified atom stereocenters. The number of benzene rings is 2. The van der Waals surface area contributed by atoms with E-state index in [9.17, 15) is 9.59 Å². The second-order valence-electron chi connectivity index (χ2n) is 4.63. The number of carbonyl (C=O) groups is 2. The average molecular weight is 335 g/mol. The van der Waals surface area contributed by atoms with Gasteiger partial charge < -0.3 is 20.5 Å². The van der Waals surface area contributed by atoms with Crippen molar-refractivity contribution in [1.82, 2.24) is 0 Å². The first-order chi connectivity index (χ1) is 11.0. The Morgan fingerprint density at radius 3 is 2.30 bits per heavy atom. The molecule has 2 aromatic carbocycles. The minimum Gasteiger partial charge on any atom is -0.479 e. The molecule has 0 saturated carbocycles. The van der Waals surface area contributed by atoms with Gasteiger partial charge in [0, 0.05) is 12.8 Å². The first-order valence-corrected chi connectivity index (χ1v) is 7.07. The molecule has 120 valence electrons. The summed E-state index contributed by atoms with van der Waals surface area (Å²) >= 11 is 5.96. The number of urea groups is 1. The van der Waals surface area contributed by atoms with Gasteiger partial charge in [-0.15, -0.1) is 0 Å². The molecule has 2 aromatic rings. The van der Waals surface area contributed by atoms with Crippen molar-refractivity contribution in [2.75, 3.05) is 17.7 Å². The molecular weight excluding hydrogens is 320 g/mol. The molecule has 7 heteroatoms. The molecule has 2 rings (SSSR count). The van der Waals surface area contributed by atoms with Crippen LogP contribution in [0.4, 0.5) is 16.2 Å². The minimum absolute atomic E-state index is 0.433. The zero-order valence-corrected chi connectivity index (χ0v) is 13.0. The van der Waals surface area contributed by atoms with Gasteiger partial charge in [0.05, 0.1) is 10.7 Å². The molecule has 0 aliphatic rings. The zero-order chi connectivity index (χ0) is 16.8. The second kappa shape index (κ2) is 7.62. The normalized spacial score (nSPS) is 11.6. The van der Waals surface area contributed by atoms with E-state index in [2.05, 4.69) is 10.6 Å². The Bertz CT molecular complexity index is 703. The summed E-state index contributed by atoms with van der Waals surface area (Å²) in [5.74, 6) is -1.08. The summed E-state index contributed by atoms with van der Waals surface area (Å²) in [5, 5.41) is 14.7. The number of halogens is 1. The quantitative estimate of drug-likeness (QED) is 0.777. The third-order valence-electron chi connectivity index (χ3n) is 3.05. The van der Waals surface area contributed by atoms with Crippen LogP contribution in [0.2, 0.25) is 5.02 Å². The number of anilines is 2. The number of amides is 2. The van der Waals surface area contributed by atoms with E-state index >= 15 is 0 Å². The Hall–Kier alpha value is -2.57. The van der Waals surface area contributed by atoms with Crippen molar-refractivity contribution in [1.29, 1.82) is 0 Å². The molecule has 0 fully saturated rings. The third-order valence-corrected chi connectivity index (χ3v) is 3.38. The van der Waals surface area contributed by atoms with Crippen LogP contribution in [-0.4, -0.2) is 24.2 Å². The van der Waals surface area contributed by atoms with Crippen LogP contribution < -0.4 is 10.6 Å². The largest absolute Gasteiger partial charge is 0.479 e. The fraction of sp³-hybridized carbons (Fsp3) is 0.125. The number of carbonyl (C=O) groups excluding carboxylic acids is 1. The molecule has 6 nitrogen and oxygen atoms in total. The maximum atomic E-state index is 11.9. The fourth-order valence-corrected chi connectivity index (χ4v) is 2.15. The van der Waals surface area contributed by atoms with Crippen LogP contribution in [0.3, 0.4) is 0 Å². The van der Waals surface area contributed by atoms with E-state index in [0.717, 1.165) is 0 Å². The number of aliphatic carboxylic acids is 1. The topological polar surface area (TPSA) is 87.7 Å². The lowest BCUT2D eigenvalue weighted by Crippen LogP contribution is -2.19. The summed E-state index contributed by atoms with van der Waals surface area (Å²) in [7, 11) is 1.32. The summed E-state index contributed by atoms with van der Waals surface area (Å²) in [6, 6.07) is 12.8. The van der Waals surface area contributed by atoms with Crippen molar-refractivity contribution < 1.29 is 19.4 Å².